The molecule has 0 N–H and O–H groups in total. The first-order valence-corrected chi connectivity index (χ1v) is 14.9. The van der Waals surface area contributed by atoms with E-state index in [1.54, 1.807) is 18.9 Å². The van der Waals surface area contributed by atoms with Crippen LogP contribution in [-0.2, 0) is 21.6 Å². The van der Waals surface area contributed by atoms with Crippen LogP contribution in [0.1, 0.15) is 67.7 Å². The van der Waals surface area contributed by atoms with Crippen molar-refractivity contribution in [1.29, 1.82) is 0 Å². The van der Waals surface area contributed by atoms with E-state index in [0.717, 1.165) is 4.20 Å². The first-order valence-electron chi connectivity index (χ1n) is 8.20. The first-order chi connectivity index (χ1) is 11.7. The van der Waals surface area contributed by atoms with Gasteiger partial charge in [0.15, 0.2) is 0 Å². The van der Waals surface area contributed by atoms with Crippen LogP contribution in [0.5, 0.6) is 0 Å². The van der Waals surface area contributed by atoms with Gasteiger partial charge in [0.05, 0.1) is 7.11 Å². The number of alkyl halides is 3. The number of halogens is 3. The Balaban J connectivity index is -0.0000000457. The van der Waals surface area contributed by atoms with Crippen LogP contribution in [-0.4, -0.2) is 49.9 Å². The van der Waals surface area contributed by atoms with E-state index in [2.05, 4.69) is 102 Å². The van der Waals surface area contributed by atoms with Gasteiger partial charge in [0.25, 0.3) is 0 Å². The molecule has 0 atom stereocenters. The molecule has 175 valence electrons. The number of hydrogen-bond acceptors (Lipinski definition) is 4. The van der Waals surface area contributed by atoms with E-state index in [1.165, 1.54) is 25.6 Å². The van der Waals surface area contributed by atoms with Gasteiger partial charge in [-0.25, -0.2) is 0 Å². The molecule has 1 fully saturated rings. The Kier molecular flexibility index (Phi) is 58.4. The molecule has 0 aromatic rings. The third kappa shape index (κ3) is 28.6. The van der Waals surface area contributed by atoms with Crippen LogP contribution in [0, 0.1) is 7.43 Å². The first kappa shape index (κ1) is 47.4. The molecule has 0 aliphatic carbocycles. The third-order valence-electron chi connectivity index (χ3n) is 3.15. The number of thiocarbonyl (C=S) groups is 1. The van der Waals surface area contributed by atoms with Crippen LogP contribution >= 0.6 is 80.8 Å². The normalized spacial score (nSPS) is 15.1. The van der Waals surface area contributed by atoms with Gasteiger partial charge < -0.3 is 12.3 Å². The number of hydrogen-bond donors (Lipinski definition) is 0. The molecule has 2 nitrogen and oxygen atoms in total. The summed E-state index contributed by atoms with van der Waals surface area (Å²) in [6.07, 6.45) is 7.21. The minimum absolute atomic E-state index is 0. The number of rotatable bonds is 1. The second kappa shape index (κ2) is 33.3. The van der Waals surface area contributed by atoms with Crippen molar-refractivity contribution in [1.82, 2.24) is 5.06 Å². The summed E-state index contributed by atoms with van der Waals surface area (Å²) >= 11 is 15.2. The van der Waals surface area contributed by atoms with Crippen LogP contribution in [0.3, 0.4) is 0 Å². The van der Waals surface area contributed by atoms with Gasteiger partial charge in [-0.05, 0) is 70.0 Å². The predicted octanol–water partition coefficient (Wildman–Crippen LogP) is 8.72. The zero-order chi connectivity index (χ0) is 21.7. The molecule has 0 amide bonds. The van der Waals surface area contributed by atoms with Crippen molar-refractivity contribution in [2.24, 2.45) is 0 Å². The van der Waals surface area contributed by atoms with Crippen molar-refractivity contribution < 1.29 is 21.6 Å². The van der Waals surface area contributed by atoms with E-state index in [1.807, 2.05) is 36.9 Å². The van der Waals surface area contributed by atoms with Gasteiger partial charge in [0.1, 0.15) is 0 Å². The van der Waals surface area contributed by atoms with Crippen LogP contribution in [0.25, 0.3) is 0 Å². The van der Waals surface area contributed by atoms with Crippen molar-refractivity contribution in [3.05, 3.63) is 7.43 Å². The van der Waals surface area contributed by atoms with E-state index >= 15 is 0 Å². The van der Waals surface area contributed by atoms with Crippen LogP contribution in [0.15, 0.2) is 0 Å². The minimum Gasteiger partial charge on any atom is -0.358 e. The molecule has 1 saturated heterocycles. The predicted molar refractivity (Wildman–Crippen MR) is 152 cm³/mol. The van der Waals surface area contributed by atoms with E-state index in [4.69, 9.17) is 4.84 Å². The van der Waals surface area contributed by atoms with E-state index < -0.39 is 0 Å². The monoisotopic (exact) mass is 715 g/mol. The maximum absolute atomic E-state index is 5.46. The van der Waals surface area contributed by atoms with Crippen molar-refractivity contribution in [2.45, 2.75) is 78.8 Å². The molecule has 8 heteroatoms. The Morgan fingerprint density at radius 3 is 1.33 bits per heavy atom. The number of thioether (sulfide) groups is 1. The SMILES string of the molecule is CC.CCl.CI.CI.CON1C(C)(C)CCCC1(C)C.CSC(C)=S.[CH3-].[Co]. The summed E-state index contributed by atoms with van der Waals surface area (Å²) in [5, 5.41) is 2.14. The molecule has 0 aromatic heterocycles. The number of piperidine rings is 1. The number of nitrogens with zero attached hydrogens (tertiary/aromatic N) is 1. The summed E-state index contributed by atoms with van der Waals surface area (Å²) in [6.45, 7) is 14.9. The molecule has 0 unspecified atom stereocenters. The molecule has 1 rings (SSSR count). The average molecular weight is 716 g/mol. The van der Waals surface area contributed by atoms with Crippen molar-refractivity contribution >= 4 is 85.0 Å². The average Bonchev–Trinajstić information content (AvgIpc) is 2.61. The molecule has 27 heavy (non-hydrogen) atoms. The molecule has 1 radical (unpaired) electrons. The molecular formula is C19H45ClCoI2NOS2-. The summed E-state index contributed by atoms with van der Waals surface area (Å²) in [6, 6.07) is 0. The standard InChI is InChI=1S/C10H21NO.C3H6S2.C2H6.CH3Cl.2CH3I.CH3.Co/c1-9(2)7-6-8-10(3,4)11(9)12-5;1-3(4)5-2;4*1-2;;/h6-8H2,1-5H3;1-2H3;1-2H3;3*1H3;1H3;/q;;;;;;-1;. The molecule has 1 heterocycles. The molecule has 0 spiro atoms. The molecule has 0 aromatic carbocycles. The molecular weight excluding hydrogens is 671 g/mol. The van der Waals surface area contributed by atoms with Crippen LogP contribution in [0.4, 0.5) is 0 Å². The maximum Gasteiger partial charge on any atom is 0.0575 e. The van der Waals surface area contributed by atoms with Crippen LogP contribution in [0.2, 0.25) is 0 Å². The van der Waals surface area contributed by atoms with Gasteiger partial charge in [-0.15, -0.1) is 23.4 Å². The van der Waals surface area contributed by atoms with E-state index in [-0.39, 0.29) is 35.3 Å². The van der Waals surface area contributed by atoms with Gasteiger partial charge in [0, 0.05) is 38.4 Å². The smallest absolute Gasteiger partial charge is 0.0575 e. The van der Waals surface area contributed by atoms with Crippen LogP contribution < -0.4 is 0 Å². The zero-order valence-electron chi connectivity index (χ0n) is 19.8. The molecule has 1 aliphatic heterocycles. The fourth-order valence-electron chi connectivity index (χ4n) is 2.47. The summed E-state index contributed by atoms with van der Waals surface area (Å²) in [5.74, 6) is 0. The van der Waals surface area contributed by atoms with Gasteiger partial charge >= 0.3 is 0 Å². The Bertz CT molecular complexity index is 260. The fourth-order valence-corrected chi connectivity index (χ4v) is 2.47. The molecule has 0 bridgehead atoms. The number of hydroxylamine groups is 2. The zero-order valence-corrected chi connectivity index (χ0v) is 27.5. The topological polar surface area (TPSA) is 12.5 Å². The van der Waals surface area contributed by atoms with Gasteiger partial charge in [0.2, 0.25) is 0 Å². The summed E-state index contributed by atoms with van der Waals surface area (Å²) in [7, 11) is 1.77. The summed E-state index contributed by atoms with van der Waals surface area (Å²) < 4.78 is 1.00. The molecule has 0 saturated carbocycles. The minimum atomic E-state index is 0. The maximum atomic E-state index is 5.46. The molecule has 1 aliphatic rings. The van der Waals surface area contributed by atoms with Gasteiger partial charge in [-0.2, -0.15) is 5.06 Å². The van der Waals surface area contributed by atoms with Crippen molar-refractivity contribution in [2.75, 3.05) is 29.6 Å². The Morgan fingerprint density at radius 1 is 1.00 bits per heavy atom. The Labute approximate surface area is 225 Å². The summed E-state index contributed by atoms with van der Waals surface area (Å²) in [5.41, 5.74) is 0.382. The van der Waals surface area contributed by atoms with E-state index in [0.29, 0.717) is 0 Å². The second-order valence-electron chi connectivity index (χ2n) is 5.65. The third-order valence-corrected chi connectivity index (χ3v) is 4.22. The fraction of sp³-hybridized carbons (Fsp3) is 0.895. The van der Waals surface area contributed by atoms with Gasteiger partial charge in [-0.1, -0.05) is 71.2 Å². The van der Waals surface area contributed by atoms with E-state index in [9.17, 15) is 0 Å². The van der Waals surface area contributed by atoms with Gasteiger partial charge in [-0.3, -0.25) is 0 Å². The Hall–Kier alpha value is 2.62. The second-order valence-corrected chi connectivity index (χ2v) is 7.54. The van der Waals surface area contributed by atoms with Crippen molar-refractivity contribution in [3.8, 4) is 0 Å². The largest absolute Gasteiger partial charge is 0.358 e. The summed E-state index contributed by atoms with van der Waals surface area (Å²) in [4.78, 5) is 9.40. The van der Waals surface area contributed by atoms with Crippen molar-refractivity contribution in [3.63, 3.8) is 0 Å². The Morgan fingerprint density at radius 2 is 1.22 bits per heavy atom. The quantitative estimate of drug-likeness (QED) is 0.117.